The zero-order valence-corrected chi connectivity index (χ0v) is 21.1. The largest absolute Gasteiger partial charge is 0.491 e. The minimum atomic E-state index is 0.0201. The van der Waals surface area contributed by atoms with Crippen molar-refractivity contribution >= 4 is 39.3 Å². The van der Waals surface area contributed by atoms with E-state index < -0.39 is 0 Å². The molecular formula is C26H32INO3. The maximum Gasteiger partial charge on any atom is 0.197 e. The Bertz CT molecular complexity index is 1010. The number of nitrogens with zero attached hydrogens (tertiary/aromatic N) is 1. The Morgan fingerprint density at radius 3 is 2.55 bits per heavy atom. The van der Waals surface area contributed by atoms with Gasteiger partial charge in [-0.15, -0.1) is 0 Å². The van der Waals surface area contributed by atoms with Gasteiger partial charge in [0.1, 0.15) is 23.7 Å². The molecular weight excluding hydrogens is 501 g/mol. The van der Waals surface area contributed by atoms with Crippen molar-refractivity contribution in [2.45, 2.75) is 47.0 Å². The van der Waals surface area contributed by atoms with Crippen molar-refractivity contribution in [3.8, 4) is 5.75 Å². The molecule has 0 aliphatic carbocycles. The maximum absolute atomic E-state index is 13.6. The number of ether oxygens (including phenoxy) is 1. The van der Waals surface area contributed by atoms with Crippen LogP contribution in [0, 0.1) is 10.5 Å². The smallest absolute Gasteiger partial charge is 0.197 e. The number of rotatable bonds is 11. The molecule has 0 unspecified atom stereocenters. The number of hydrogen-bond acceptors (Lipinski definition) is 4. The van der Waals surface area contributed by atoms with Crippen LogP contribution in [0.2, 0.25) is 0 Å². The van der Waals surface area contributed by atoms with E-state index in [9.17, 15) is 4.79 Å². The molecule has 0 saturated heterocycles. The van der Waals surface area contributed by atoms with Crippen molar-refractivity contribution in [1.82, 2.24) is 4.90 Å². The predicted octanol–water partition coefficient (Wildman–Crippen LogP) is 6.64. The number of likely N-dealkylation sites (N-methyl/N-ethyl adjacent to an activating group) is 1. The average molecular weight is 533 g/mol. The summed E-state index contributed by atoms with van der Waals surface area (Å²) >= 11 is 2.27. The van der Waals surface area contributed by atoms with Crippen LogP contribution in [0.25, 0.3) is 11.0 Å². The molecule has 0 radical (unpaired) electrons. The Labute approximate surface area is 199 Å². The summed E-state index contributed by atoms with van der Waals surface area (Å²) in [5.41, 5.74) is 3.15. The molecule has 5 heteroatoms. The summed E-state index contributed by atoms with van der Waals surface area (Å²) in [6.45, 7) is 12.0. The third-order valence-electron chi connectivity index (χ3n) is 5.69. The number of fused-ring (bicyclic) bond motifs is 1. The summed E-state index contributed by atoms with van der Waals surface area (Å²) in [5.74, 6) is 1.68. The summed E-state index contributed by atoms with van der Waals surface area (Å²) in [7, 11) is 0. The first-order valence-electron chi connectivity index (χ1n) is 11.2. The molecule has 3 aromatic rings. The normalized spacial score (nSPS) is 11.4. The molecule has 31 heavy (non-hydrogen) atoms. The minimum absolute atomic E-state index is 0.0201. The van der Waals surface area contributed by atoms with E-state index in [4.69, 9.17) is 9.15 Å². The van der Waals surface area contributed by atoms with Gasteiger partial charge in [-0.25, -0.2) is 0 Å². The molecule has 0 saturated carbocycles. The molecule has 0 aliphatic rings. The summed E-state index contributed by atoms with van der Waals surface area (Å²) in [4.78, 5) is 15.9. The van der Waals surface area contributed by atoms with Gasteiger partial charge in [-0.1, -0.05) is 45.4 Å². The SMILES string of the molecule is CCCCc1oc2ccccc2c1C(=O)c1cc(C)c(OCCN(CC)CC)c(I)c1. The van der Waals surface area contributed by atoms with Gasteiger partial charge in [-0.2, -0.15) is 0 Å². The van der Waals surface area contributed by atoms with Gasteiger partial charge in [-0.3, -0.25) is 4.79 Å². The number of aryl methyl sites for hydroxylation is 2. The van der Waals surface area contributed by atoms with E-state index in [1.807, 2.05) is 43.3 Å². The first-order chi connectivity index (χ1) is 15.0. The third-order valence-corrected chi connectivity index (χ3v) is 6.49. The van der Waals surface area contributed by atoms with Crippen molar-refractivity contribution < 1.29 is 13.9 Å². The number of ketones is 1. The minimum Gasteiger partial charge on any atom is -0.491 e. The van der Waals surface area contributed by atoms with Crippen molar-refractivity contribution in [2.24, 2.45) is 0 Å². The fourth-order valence-electron chi connectivity index (χ4n) is 3.86. The number of hydrogen-bond donors (Lipinski definition) is 0. The van der Waals surface area contributed by atoms with E-state index in [1.54, 1.807) is 0 Å². The summed E-state index contributed by atoms with van der Waals surface area (Å²) in [6.07, 6.45) is 2.83. The van der Waals surface area contributed by atoms with E-state index in [0.29, 0.717) is 17.7 Å². The molecule has 1 heterocycles. The van der Waals surface area contributed by atoms with Crippen molar-refractivity contribution in [3.05, 3.63) is 62.4 Å². The van der Waals surface area contributed by atoms with Gasteiger partial charge in [0.2, 0.25) is 0 Å². The molecule has 3 rings (SSSR count). The maximum atomic E-state index is 13.6. The van der Waals surface area contributed by atoms with E-state index in [2.05, 4.69) is 48.3 Å². The predicted molar refractivity (Wildman–Crippen MR) is 135 cm³/mol. The molecule has 4 nitrogen and oxygen atoms in total. The Hall–Kier alpha value is -1.86. The fraction of sp³-hybridized carbons (Fsp3) is 0.423. The quantitative estimate of drug-likeness (QED) is 0.205. The number of carbonyl (C=O) groups is 1. The van der Waals surface area contributed by atoms with Crippen LogP contribution < -0.4 is 4.74 Å². The highest BCUT2D eigenvalue weighted by Crippen LogP contribution is 2.32. The van der Waals surface area contributed by atoms with Gasteiger partial charge < -0.3 is 14.1 Å². The number of unbranched alkanes of at least 4 members (excludes halogenated alkanes) is 1. The number of furan rings is 1. The highest BCUT2D eigenvalue weighted by molar-refractivity contribution is 14.1. The second-order valence-electron chi connectivity index (χ2n) is 7.81. The zero-order valence-electron chi connectivity index (χ0n) is 19.0. The monoisotopic (exact) mass is 533 g/mol. The van der Waals surface area contributed by atoms with E-state index in [0.717, 1.165) is 70.5 Å². The second-order valence-corrected chi connectivity index (χ2v) is 8.97. The van der Waals surface area contributed by atoms with Gasteiger partial charge in [0, 0.05) is 23.9 Å². The standard InChI is InChI=1S/C26H32INO3/c1-5-8-12-23-24(20-11-9-10-13-22(20)31-23)25(29)19-16-18(4)26(21(27)17-19)30-15-14-28(6-2)7-3/h9-11,13,16-17H,5-8,12,14-15H2,1-4H3. The Morgan fingerprint density at radius 1 is 1.13 bits per heavy atom. The topological polar surface area (TPSA) is 42.7 Å². The lowest BCUT2D eigenvalue weighted by molar-refractivity contribution is 0.103. The van der Waals surface area contributed by atoms with Gasteiger partial charge in [-0.05, 0) is 72.8 Å². The summed E-state index contributed by atoms with van der Waals surface area (Å²) < 4.78 is 13.1. The summed E-state index contributed by atoms with van der Waals surface area (Å²) in [6, 6.07) is 11.7. The molecule has 0 fully saturated rings. The highest BCUT2D eigenvalue weighted by atomic mass is 127. The van der Waals surface area contributed by atoms with Crippen LogP contribution >= 0.6 is 22.6 Å². The second kappa shape index (κ2) is 11.1. The molecule has 0 N–H and O–H groups in total. The molecule has 1 aromatic heterocycles. The number of carbonyl (C=O) groups excluding carboxylic acids is 1. The van der Waals surface area contributed by atoms with Crippen LogP contribution in [0.15, 0.2) is 40.8 Å². The molecule has 2 aromatic carbocycles. The van der Waals surface area contributed by atoms with Gasteiger partial charge in [0.05, 0.1) is 9.13 Å². The van der Waals surface area contributed by atoms with Gasteiger partial charge in [0.15, 0.2) is 5.78 Å². The molecule has 0 bridgehead atoms. The molecule has 0 spiro atoms. The number of benzene rings is 2. The lowest BCUT2D eigenvalue weighted by atomic mass is 9.97. The molecule has 0 atom stereocenters. The fourth-order valence-corrected chi connectivity index (χ4v) is 4.78. The first-order valence-corrected chi connectivity index (χ1v) is 12.3. The Balaban J connectivity index is 1.89. The average Bonchev–Trinajstić information content (AvgIpc) is 3.14. The molecule has 166 valence electrons. The third kappa shape index (κ3) is 5.50. The molecule has 0 aliphatic heterocycles. The van der Waals surface area contributed by atoms with Gasteiger partial charge >= 0.3 is 0 Å². The van der Waals surface area contributed by atoms with Crippen LogP contribution in [0.1, 0.15) is 60.9 Å². The number of halogens is 1. The van der Waals surface area contributed by atoms with Gasteiger partial charge in [0.25, 0.3) is 0 Å². The van der Waals surface area contributed by atoms with E-state index >= 15 is 0 Å². The Morgan fingerprint density at radius 2 is 1.87 bits per heavy atom. The zero-order chi connectivity index (χ0) is 22.4. The molecule has 0 amide bonds. The Kier molecular flexibility index (Phi) is 8.55. The number of para-hydroxylation sites is 1. The van der Waals surface area contributed by atoms with Crippen molar-refractivity contribution in [2.75, 3.05) is 26.2 Å². The van der Waals surface area contributed by atoms with Crippen molar-refractivity contribution in [3.63, 3.8) is 0 Å². The van der Waals surface area contributed by atoms with Crippen molar-refractivity contribution in [1.29, 1.82) is 0 Å². The summed E-state index contributed by atoms with van der Waals surface area (Å²) in [5, 5.41) is 0.894. The van der Waals surface area contributed by atoms with Crippen LogP contribution in [-0.4, -0.2) is 36.9 Å². The van der Waals surface area contributed by atoms with Crippen LogP contribution in [0.3, 0.4) is 0 Å². The van der Waals surface area contributed by atoms with Crippen LogP contribution in [-0.2, 0) is 6.42 Å². The van der Waals surface area contributed by atoms with E-state index in [-0.39, 0.29) is 5.78 Å². The van der Waals surface area contributed by atoms with Crippen LogP contribution in [0.4, 0.5) is 0 Å². The van der Waals surface area contributed by atoms with E-state index in [1.165, 1.54) is 0 Å². The first kappa shape index (κ1) is 23.8. The van der Waals surface area contributed by atoms with Crippen LogP contribution in [0.5, 0.6) is 5.75 Å². The lowest BCUT2D eigenvalue weighted by Gasteiger charge is -2.19. The lowest BCUT2D eigenvalue weighted by Crippen LogP contribution is -2.28. The highest BCUT2D eigenvalue weighted by Gasteiger charge is 2.23.